The third-order valence-corrected chi connectivity index (χ3v) is 5.49. The summed E-state index contributed by atoms with van der Waals surface area (Å²) in [6.07, 6.45) is 1.51. The molecule has 0 saturated carbocycles. The van der Waals surface area contributed by atoms with Gasteiger partial charge in [0.05, 0.1) is 15.8 Å². The summed E-state index contributed by atoms with van der Waals surface area (Å²) in [4.78, 5) is 21.7. The number of aromatic nitrogens is 2. The fourth-order valence-corrected chi connectivity index (χ4v) is 3.93. The van der Waals surface area contributed by atoms with E-state index < -0.39 is 0 Å². The van der Waals surface area contributed by atoms with Crippen LogP contribution in [0.4, 0.5) is 5.69 Å². The molecule has 0 aliphatic carbocycles. The normalized spacial score (nSPS) is 11.9. The average molecular weight is 375 g/mol. The summed E-state index contributed by atoms with van der Waals surface area (Å²) in [7, 11) is 0. The molecule has 0 radical (unpaired) electrons. The summed E-state index contributed by atoms with van der Waals surface area (Å²) in [5.41, 5.74) is 0.928. The van der Waals surface area contributed by atoms with Gasteiger partial charge in [0.25, 0.3) is 0 Å². The second-order valence-corrected chi connectivity index (χ2v) is 7.51. The topological polar surface area (TPSA) is 78.7 Å². The second kappa shape index (κ2) is 7.18. The van der Waals surface area contributed by atoms with Crippen molar-refractivity contribution >= 4 is 56.5 Å². The van der Waals surface area contributed by atoms with Crippen molar-refractivity contribution in [2.24, 2.45) is 0 Å². The van der Waals surface area contributed by atoms with Gasteiger partial charge in [-0.05, 0) is 36.6 Å². The van der Waals surface area contributed by atoms with Gasteiger partial charge in [-0.2, -0.15) is 5.26 Å². The van der Waals surface area contributed by atoms with Crippen molar-refractivity contribution in [1.82, 2.24) is 9.97 Å². The quantitative estimate of drug-likeness (QED) is 0.543. The van der Waals surface area contributed by atoms with Gasteiger partial charge >= 0.3 is 0 Å². The first-order valence-electron chi connectivity index (χ1n) is 6.94. The molecule has 3 rings (SSSR count). The number of anilines is 1. The fourth-order valence-electron chi connectivity index (χ4n) is 2.01. The van der Waals surface area contributed by atoms with E-state index in [1.807, 2.05) is 24.4 Å². The Morgan fingerprint density at radius 2 is 2.25 bits per heavy atom. The zero-order chi connectivity index (χ0) is 17.1. The minimum Gasteiger partial charge on any atom is -0.325 e. The van der Waals surface area contributed by atoms with Crippen molar-refractivity contribution in [2.75, 3.05) is 5.32 Å². The van der Waals surface area contributed by atoms with Gasteiger partial charge in [-0.1, -0.05) is 23.4 Å². The molecule has 2 heterocycles. The predicted octanol–water partition coefficient (Wildman–Crippen LogP) is 4.34. The van der Waals surface area contributed by atoms with Crippen LogP contribution in [0.3, 0.4) is 0 Å². The largest absolute Gasteiger partial charge is 0.325 e. The van der Waals surface area contributed by atoms with E-state index in [0.717, 1.165) is 15.2 Å². The van der Waals surface area contributed by atoms with E-state index in [1.54, 1.807) is 18.2 Å². The lowest BCUT2D eigenvalue weighted by atomic mass is 10.2. The van der Waals surface area contributed by atoms with Crippen LogP contribution in [0.2, 0.25) is 5.02 Å². The third kappa shape index (κ3) is 3.51. The number of amides is 1. The molecule has 0 bridgehead atoms. The molecule has 5 nitrogen and oxygen atoms in total. The standard InChI is InChI=1S/C16H11ClN4OS2/c1-9(24-16-12-4-5-23-15(12)19-8-20-16)14(22)21-11-3-2-10(7-18)13(17)6-11/h2-6,8-9H,1H3,(H,21,22)/t9-/m0/s1. The lowest BCUT2D eigenvalue weighted by Gasteiger charge is -2.12. The number of benzene rings is 1. The Labute approximate surface area is 151 Å². The molecule has 0 aliphatic rings. The first-order valence-corrected chi connectivity index (χ1v) is 9.07. The summed E-state index contributed by atoms with van der Waals surface area (Å²) < 4.78 is 0. The van der Waals surface area contributed by atoms with Crippen molar-refractivity contribution in [1.29, 1.82) is 5.26 Å². The Kier molecular flexibility index (Phi) is 5.00. The molecule has 120 valence electrons. The van der Waals surface area contributed by atoms with Crippen LogP contribution >= 0.6 is 34.7 Å². The highest BCUT2D eigenvalue weighted by molar-refractivity contribution is 8.00. The summed E-state index contributed by atoms with van der Waals surface area (Å²) >= 11 is 8.89. The van der Waals surface area contributed by atoms with Crippen LogP contribution in [-0.4, -0.2) is 21.1 Å². The minimum atomic E-state index is -0.350. The van der Waals surface area contributed by atoms with Gasteiger partial charge in [0.15, 0.2) is 0 Å². The van der Waals surface area contributed by atoms with Gasteiger partial charge in [-0.25, -0.2) is 9.97 Å². The number of thiophene rings is 1. The van der Waals surface area contributed by atoms with E-state index in [1.165, 1.54) is 29.4 Å². The van der Waals surface area contributed by atoms with Gasteiger partial charge in [0.2, 0.25) is 5.91 Å². The molecule has 0 saturated heterocycles. The first kappa shape index (κ1) is 16.7. The van der Waals surface area contributed by atoms with Gasteiger partial charge in [0.1, 0.15) is 22.3 Å². The summed E-state index contributed by atoms with van der Waals surface area (Å²) in [6.45, 7) is 1.81. The number of fused-ring (bicyclic) bond motifs is 1. The van der Waals surface area contributed by atoms with Crippen LogP contribution in [-0.2, 0) is 4.79 Å². The minimum absolute atomic E-state index is 0.164. The van der Waals surface area contributed by atoms with Crippen molar-refractivity contribution in [3.05, 3.63) is 46.6 Å². The number of hydrogen-bond donors (Lipinski definition) is 1. The number of carbonyl (C=O) groups excluding carboxylic acids is 1. The van der Waals surface area contributed by atoms with Crippen molar-refractivity contribution in [3.63, 3.8) is 0 Å². The molecule has 1 aromatic carbocycles. The molecule has 0 aliphatic heterocycles. The van der Waals surface area contributed by atoms with Crippen molar-refractivity contribution in [2.45, 2.75) is 17.2 Å². The number of nitrogens with zero attached hydrogens (tertiary/aromatic N) is 3. The van der Waals surface area contributed by atoms with Gasteiger partial charge in [-0.15, -0.1) is 11.3 Å². The second-order valence-electron chi connectivity index (χ2n) is 4.87. The fraction of sp³-hybridized carbons (Fsp3) is 0.125. The molecule has 24 heavy (non-hydrogen) atoms. The van der Waals surface area contributed by atoms with E-state index >= 15 is 0 Å². The molecule has 1 N–H and O–H groups in total. The molecule has 0 fully saturated rings. The zero-order valence-corrected chi connectivity index (χ0v) is 14.9. The molecular weight excluding hydrogens is 364 g/mol. The lowest BCUT2D eigenvalue weighted by Crippen LogP contribution is -2.22. The molecule has 1 amide bonds. The predicted molar refractivity (Wildman–Crippen MR) is 97.5 cm³/mol. The summed E-state index contributed by atoms with van der Waals surface area (Å²) in [5, 5.41) is 15.3. The van der Waals surface area contributed by atoms with Gasteiger partial charge < -0.3 is 5.32 Å². The molecule has 1 atom stereocenters. The highest BCUT2D eigenvalue weighted by Gasteiger charge is 2.17. The number of nitriles is 1. The molecule has 2 aromatic heterocycles. The maximum atomic E-state index is 12.4. The number of carbonyl (C=O) groups is 1. The highest BCUT2D eigenvalue weighted by Crippen LogP contribution is 2.31. The first-order chi connectivity index (χ1) is 11.6. The molecule has 0 unspecified atom stereocenters. The Balaban J connectivity index is 1.72. The van der Waals surface area contributed by atoms with Crippen LogP contribution in [0.1, 0.15) is 12.5 Å². The Bertz CT molecular complexity index is 951. The Morgan fingerprint density at radius 1 is 1.42 bits per heavy atom. The van der Waals surface area contributed by atoms with E-state index in [-0.39, 0.29) is 11.2 Å². The van der Waals surface area contributed by atoms with Gasteiger partial charge in [0, 0.05) is 11.1 Å². The van der Waals surface area contributed by atoms with Crippen LogP contribution in [0.5, 0.6) is 0 Å². The Hall–Kier alpha value is -2.14. The summed E-state index contributed by atoms with van der Waals surface area (Å²) in [6, 6.07) is 8.73. The Morgan fingerprint density at radius 3 is 3.00 bits per heavy atom. The van der Waals surface area contributed by atoms with E-state index in [9.17, 15) is 4.79 Å². The molecule has 0 spiro atoms. The zero-order valence-electron chi connectivity index (χ0n) is 12.5. The smallest absolute Gasteiger partial charge is 0.237 e. The van der Waals surface area contributed by atoms with Crippen molar-refractivity contribution in [3.8, 4) is 6.07 Å². The van der Waals surface area contributed by atoms with Crippen LogP contribution in [0.25, 0.3) is 10.2 Å². The third-order valence-electron chi connectivity index (χ3n) is 3.24. The number of halogens is 1. The van der Waals surface area contributed by atoms with E-state index in [0.29, 0.717) is 16.3 Å². The average Bonchev–Trinajstić information content (AvgIpc) is 3.04. The van der Waals surface area contributed by atoms with E-state index in [2.05, 4.69) is 15.3 Å². The van der Waals surface area contributed by atoms with E-state index in [4.69, 9.17) is 16.9 Å². The molecular formula is C16H11ClN4OS2. The van der Waals surface area contributed by atoms with Crippen LogP contribution in [0.15, 0.2) is 41.0 Å². The summed E-state index contributed by atoms with van der Waals surface area (Å²) in [5.74, 6) is -0.164. The maximum absolute atomic E-state index is 12.4. The lowest BCUT2D eigenvalue weighted by molar-refractivity contribution is -0.115. The van der Waals surface area contributed by atoms with Crippen LogP contribution in [0, 0.1) is 11.3 Å². The van der Waals surface area contributed by atoms with Gasteiger partial charge in [-0.3, -0.25) is 4.79 Å². The molecule has 8 heteroatoms. The monoisotopic (exact) mass is 374 g/mol. The number of thioether (sulfide) groups is 1. The SMILES string of the molecule is C[C@H](Sc1ncnc2sccc12)C(=O)Nc1ccc(C#N)c(Cl)c1. The number of hydrogen-bond acceptors (Lipinski definition) is 6. The van der Waals surface area contributed by atoms with Crippen LogP contribution < -0.4 is 5.32 Å². The number of nitrogens with one attached hydrogen (secondary N) is 1. The molecule has 3 aromatic rings. The highest BCUT2D eigenvalue weighted by atomic mass is 35.5. The maximum Gasteiger partial charge on any atom is 0.237 e. The number of rotatable bonds is 4. The van der Waals surface area contributed by atoms with Crippen molar-refractivity contribution < 1.29 is 4.79 Å².